The van der Waals surface area contributed by atoms with Crippen LogP contribution in [-0.4, -0.2) is 13.1 Å². The number of hydrogen-bond acceptors (Lipinski definition) is 2. The number of fused-ring (bicyclic) bond motifs is 1. The quantitative estimate of drug-likeness (QED) is 0.555. The van der Waals surface area contributed by atoms with E-state index in [0.717, 1.165) is 18.7 Å². The smallest absolute Gasteiger partial charge is 0.0420 e. The summed E-state index contributed by atoms with van der Waals surface area (Å²) in [6, 6.07) is 6.33. The molecule has 2 nitrogen and oxygen atoms in total. The van der Waals surface area contributed by atoms with Crippen molar-refractivity contribution in [1.29, 1.82) is 0 Å². The lowest BCUT2D eigenvalue weighted by Gasteiger charge is -2.19. The summed E-state index contributed by atoms with van der Waals surface area (Å²) in [7, 11) is 0. The summed E-state index contributed by atoms with van der Waals surface area (Å²) in [5, 5.41) is 0. The minimum absolute atomic E-state index is 0.972. The van der Waals surface area contributed by atoms with Gasteiger partial charge in [0.1, 0.15) is 0 Å². The summed E-state index contributed by atoms with van der Waals surface area (Å²) in [6.07, 6.45) is 10.8. The highest BCUT2D eigenvalue weighted by Crippen LogP contribution is 2.32. The minimum Gasteiger partial charge on any atom is -0.398 e. The van der Waals surface area contributed by atoms with Crippen molar-refractivity contribution in [3.05, 3.63) is 23.8 Å². The van der Waals surface area contributed by atoms with Crippen LogP contribution in [0.3, 0.4) is 0 Å². The van der Waals surface area contributed by atoms with Gasteiger partial charge in [-0.3, -0.25) is 0 Å². The first kappa shape index (κ1) is 14.2. The monoisotopic (exact) mass is 260 g/mol. The highest BCUT2D eigenvalue weighted by molar-refractivity contribution is 5.68. The van der Waals surface area contributed by atoms with Crippen molar-refractivity contribution in [2.24, 2.45) is 0 Å². The number of rotatable bonds is 8. The molecule has 0 aliphatic carbocycles. The maximum absolute atomic E-state index is 6.03. The van der Waals surface area contributed by atoms with Gasteiger partial charge in [0.05, 0.1) is 0 Å². The summed E-state index contributed by atoms with van der Waals surface area (Å²) in [6.45, 7) is 4.63. The van der Waals surface area contributed by atoms with E-state index in [1.54, 1.807) is 0 Å². The fraction of sp³-hybridized carbons (Fsp3) is 0.647. The molecule has 1 aromatic carbocycles. The third kappa shape index (κ3) is 3.89. The van der Waals surface area contributed by atoms with Gasteiger partial charge in [-0.2, -0.15) is 0 Å². The molecule has 0 saturated heterocycles. The molecule has 2 N–H and O–H groups in total. The van der Waals surface area contributed by atoms with E-state index >= 15 is 0 Å². The maximum Gasteiger partial charge on any atom is 0.0420 e. The van der Waals surface area contributed by atoms with Crippen molar-refractivity contribution in [1.82, 2.24) is 0 Å². The molecule has 1 aliphatic rings. The standard InChI is InChI=1S/C17H28N2/c1-2-3-4-5-6-7-8-13-19-14-12-15-16(18)10-9-11-17(15)19/h9-11H,2-8,12-14,18H2,1H3. The van der Waals surface area contributed by atoms with E-state index < -0.39 is 0 Å². The van der Waals surface area contributed by atoms with E-state index in [0.29, 0.717) is 0 Å². The van der Waals surface area contributed by atoms with E-state index in [2.05, 4.69) is 24.0 Å². The molecule has 0 spiro atoms. The van der Waals surface area contributed by atoms with Gasteiger partial charge >= 0.3 is 0 Å². The van der Waals surface area contributed by atoms with Crippen LogP contribution in [0.4, 0.5) is 11.4 Å². The third-order valence-electron chi connectivity index (χ3n) is 4.19. The SMILES string of the molecule is CCCCCCCCCN1CCc2c(N)cccc21. The Kier molecular flexibility index (Phi) is 5.56. The van der Waals surface area contributed by atoms with Gasteiger partial charge in [-0.05, 0) is 25.0 Å². The van der Waals surface area contributed by atoms with Crippen molar-refractivity contribution in [3.8, 4) is 0 Å². The average Bonchev–Trinajstić information content (AvgIpc) is 2.83. The van der Waals surface area contributed by atoms with Gasteiger partial charge in [0.15, 0.2) is 0 Å². The first-order valence-electron chi connectivity index (χ1n) is 7.95. The van der Waals surface area contributed by atoms with Crippen LogP contribution in [0.15, 0.2) is 18.2 Å². The molecular weight excluding hydrogens is 232 g/mol. The molecule has 1 aromatic rings. The summed E-state index contributed by atoms with van der Waals surface area (Å²) >= 11 is 0. The normalized spacial score (nSPS) is 13.8. The summed E-state index contributed by atoms with van der Waals surface area (Å²) in [5.41, 5.74) is 9.75. The fourth-order valence-electron chi connectivity index (χ4n) is 3.02. The van der Waals surface area contributed by atoms with Crippen molar-refractivity contribution >= 4 is 11.4 Å². The lowest BCUT2D eigenvalue weighted by Crippen LogP contribution is -2.21. The molecule has 1 aliphatic heterocycles. The second-order valence-electron chi connectivity index (χ2n) is 5.70. The van der Waals surface area contributed by atoms with Crippen LogP contribution in [0.25, 0.3) is 0 Å². The largest absolute Gasteiger partial charge is 0.398 e. The summed E-state index contributed by atoms with van der Waals surface area (Å²) < 4.78 is 0. The van der Waals surface area contributed by atoms with Crippen LogP contribution < -0.4 is 10.6 Å². The molecular formula is C17H28N2. The fourth-order valence-corrected chi connectivity index (χ4v) is 3.02. The Bertz CT molecular complexity index is 387. The van der Waals surface area contributed by atoms with E-state index in [9.17, 15) is 0 Å². The summed E-state index contributed by atoms with van der Waals surface area (Å²) in [4.78, 5) is 2.51. The van der Waals surface area contributed by atoms with Gasteiger partial charge in [-0.25, -0.2) is 0 Å². The molecule has 0 saturated carbocycles. The number of nitrogens with zero attached hydrogens (tertiary/aromatic N) is 1. The number of unbranched alkanes of at least 4 members (excludes halogenated alkanes) is 6. The van der Waals surface area contributed by atoms with Crippen LogP contribution in [0.5, 0.6) is 0 Å². The Hall–Kier alpha value is -1.18. The van der Waals surface area contributed by atoms with Crippen LogP contribution in [0, 0.1) is 0 Å². The Morgan fingerprint density at radius 2 is 1.79 bits per heavy atom. The second-order valence-corrected chi connectivity index (χ2v) is 5.70. The first-order valence-corrected chi connectivity index (χ1v) is 7.95. The third-order valence-corrected chi connectivity index (χ3v) is 4.19. The van der Waals surface area contributed by atoms with Crippen molar-refractivity contribution in [2.45, 2.75) is 58.3 Å². The van der Waals surface area contributed by atoms with Gasteiger partial charge in [0.2, 0.25) is 0 Å². The van der Waals surface area contributed by atoms with Gasteiger partial charge in [-0.15, -0.1) is 0 Å². The predicted octanol–water partition coefficient (Wildman–Crippen LogP) is 4.38. The van der Waals surface area contributed by atoms with Crippen LogP contribution in [-0.2, 0) is 6.42 Å². The molecule has 0 fully saturated rings. The van der Waals surface area contributed by atoms with Crippen molar-refractivity contribution in [3.63, 3.8) is 0 Å². The average molecular weight is 260 g/mol. The number of benzene rings is 1. The Morgan fingerprint density at radius 3 is 2.58 bits per heavy atom. The van der Waals surface area contributed by atoms with E-state index in [1.165, 1.54) is 62.7 Å². The van der Waals surface area contributed by atoms with Crippen LogP contribution in [0.1, 0.15) is 57.4 Å². The molecule has 0 aromatic heterocycles. The lowest BCUT2D eigenvalue weighted by molar-refractivity contribution is 0.585. The molecule has 2 heteroatoms. The number of hydrogen-bond donors (Lipinski definition) is 1. The highest BCUT2D eigenvalue weighted by atomic mass is 15.1. The molecule has 106 valence electrons. The topological polar surface area (TPSA) is 29.3 Å². The number of nitrogens with two attached hydrogens (primary N) is 1. The zero-order valence-electron chi connectivity index (χ0n) is 12.3. The highest BCUT2D eigenvalue weighted by Gasteiger charge is 2.19. The molecule has 0 atom stereocenters. The van der Waals surface area contributed by atoms with Crippen molar-refractivity contribution in [2.75, 3.05) is 23.7 Å². The zero-order valence-corrected chi connectivity index (χ0v) is 12.3. The minimum atomic E-state index is 0.972. The van der Waals surface area contributed by atoms with E-state index in [1.807, 2.05) is 6.07 Å². The summed E-state index contributed by atoms with van der Waals surface area (Å²) in [5.74, 6) is 0. The zero-order chi connectivity index (χ0) is 13.5. The second kappa shape index (κ2) is 7.42. The van der Waals surface area contributed by atoms with Crippen LogP contribution in [0.2, 0.25) is 0 Å². The first-order chi connectivity index (χ1) is 9.33. The van der Waals surface area contributed by atoms with Gasteiger partial charge in [-0.1, -0.05) is 51.5 Å². The van der Waals surface area contributed by atoms with E-state index in [4.69, 9.17) is 5.73 Å². The Labute approximate surface area is 118 Å². The van der Waals surface area contributed by atoms with Crippen LogP contribution >= 0.6 is 0 Å². The molecule has 2 rings (SSSR count). The molecule has 19 heavy (non-hydrogen) atoms. The van der Waals surface area contributed by atoms with Gasteiger partial charge in [0.25, 0.3) is 0 Å². The van der Waals surface area contributed by atoms with Crippen molar-refractivity contribution < 1.29 is 0 Å². The molecule has 0 radical (unpaired) electrons. The lowest BCUT2D eigenvalue weighted by atomic mass is 10.1. The predicted molar refractivity (Wildman–Crippen MR) is 84.8 cm³/mol. The Balaban J connectivity index is 1.67. The van der Waals surface area contributed by atoms with E-state index in [-0.39, 0.29) is 0 Å². The number of nitrogen functional groups attached to an aromatic ring is 1. The Morgan fingerprint density at radius 1 is 1.05 bits per heavy atom. The van der Waals surface area contributed by atoms with Gasteiger partial charge in [0, 0.05) is 30.0 Å². The molecule has 1 heterocycles. The number of anilines is 2. The molecule has 0 unspecified atom stereocenters. The van der Waals surface area contributed by atoms with Gasteiger partial charge < -0.3 is 10.6 Å². The molecule has 0 amide bonds. The molecule has 0 bridgehead atoms. The maximum atomic E-state index is 6.03.